The molecule has 3 aromatic rings. The molecule has 0 bridgehead atoms. The third-order valence-corrected chi connectivity index (χ3v) is 6.03. The third kappa shape index (κ3) is 4.22. The number of aromatic nitrogens is 3. The van der Waals surface area contributed by atoms with Crippen LogP contribution in [0.3, 0.4) is 0 Å². The van der Waals surface area contributed by atoms with Gasteiger partial charge in [0.15, 0.2) is 0 Å². The Balaban J connectivity index is 2.10. The summed E-state index contributed by atoms with van der Waals surface area (Å²) in [4.78, 5) is 40.3. The molecule has 1 aromatic heterocycles. The molecule has 1 heterocycles. The van der Waals surface area contributed by atoms with Crippen molar-refractivity contribution in [3.8, 4) is 5.69 Å². The zero-order valence-corrected chi connectivity index (χ0v) is 17.6. The lowest BCUT2D eigenvalue weighted by Crippen LogP contribution is -2.48. The van der Waals surface area contributed by atoms with Crippen molar-refractivity contribution in [3.63, 3.8) is 0 Å². The van der Waals surface area contributed by atoms with Crippen LogP contribution in [-0.4, -0.2) is 14.1 Å². The van der Waals surface area contributed by atoms with E-state index in [0.29, 0.717) is 16.3 Å². The van der Waals surface area contributed by atoms with Crippen molar-refractivity contribution < 1.29 is 0 Å². The standard InChI is InChI=1S/C18H14Cl3N3O3S/c1-2-7-23-16(25)22-17(26)24(18(23)27)11-8-13(20)15(14(21)9-11)28-12-5-3-10(19)4-6-12/h3-6,8-9H,2,7H2,1H3,(H,22,25,26). The molecule has 0 saturated carbocycles. The summed E-state index contributed by atoms with van der Waals surface area (Å²) in [5, 5.41) is 1.14. The molecule has 0 aliphatic rings. The van der Waals surface area contributed by atoms with Gasteiger partial charge < -0.3 is 0 Å². The molecule has 28 heavy (non-hydrogen) atoms. The van der Waals surface area contributed by atoms with Crippen LogP contribution in [-0.2, 0) is 6.54 Å². The summed E-state index contributed by atoms with van der Waals surface area (Å²) in [5.41, 5.74) is -2.18. The lowest BCUT2D eigenvalue weighted by molar-refractivity contribution is 0.563. The van der Waals surface area contributed by atoms with Gasteiger partial charge in [0.1, 0.15) is 0 Å². The number of hydrogen-bond donors (Lipinski definition) is 1. The molecule has 2 aromatic carbocycles. The van der Waals surface area contributed by atoms with Crippen molar-refractivity contribution in [1.82, 2.24) is 14.1 Å². The summed E-state index contributed by atoms with van der Waals surface area (Å²) in [6.07, 6.45) is 0.555. The molecule has 3 rings (SSSR count). The van der Waals surface area contributed by atoms with E-state index in [1.54, 1.807) is 12.1 Å². The third-order valence-electron chi connectivity index (χ3n) is 3.81. The molecule has 1 N–H and O–H groups in total. The smallest absolute Gasteiger partial charge is 0.258 e. The van der Waals surface area contributed by atoms with Crippen LogP contribution in [0.1, 0.15) is 13.3 Å². The second-order valence-electron chi connectivity index (χ2n) is 5.80. The summed E-state index contributed by atoms with van der Waals surface area (Å²) in [6, 6.07) is 10.1. The predicted molar refractivity (Wildman–Crippen MR) is 113 cm³/mol. The molecular formula is C18H14Cl3N3O3S. The Kier molecular flexibility index (Phi) is 6.40. The normalized spacial score (nSPS) is 11.0. The van der Waals surface area contributed by atoms with Gasteiger partial charge >= 0.3 is 17.1 Å². The maximum atomic E-state index is 12.6. The van der Waals surface area contributed by atoms with Crippen molar-refractivity contribution in [2.75, 3.05) is 0 Å². The second-order valence-corrected chi connectivity index (χ2v) is 8.13. The van der Waals surface area contributed by atoms with E-state index in [2.05, 4.69) is 4.98 Å². The molecule has 10 heteroatoms. The number of H-pyrrole nitrogens is 1. The molecule has 0 aliphatic heterocycles. The highest BCUT2D eigenvalue weighted by Crippen LogP contribution is 2.40. The quantitative estimate of drug-likeness (QED) is 0.621. The lowest BCUT2D eigenvalue weighted by Gasteiger charge is -2.12. The van der Waals surface area contributed by atoms with E-state index in [1.807, 2.05) is 19.1 Å². The van der Waals surface area contributed by atoms with E-state index in [0.717, 1.165) is 14.0 Å². The highest BCUT2D eigenvalue weighted by Gasteiger charge is 2.16. The van der Waals surface area contributed by atoms with E-state index in [1.165, 1.54) is 23.9 Å². The number of nitrogens with zero attached hydrogens (tertiary/aromatic N) is 2. The van der Waals surface area contributed by atoms with Gasteiger partial charge in [0.25, 0.3) is 0 Å². The second kappa shape index (κ2) is 8.61. The Morgan fingerprint density at radius 1 is 0.964 bits per heavy atom. The predicted octanol–water partition coefficient (Wildman–Crippen LogP) is 4.21. The Bertz CT molecular complexity index is 1180. The van der Waals surface area contributed by atoms with Crippen molar-refractivity contribution >= 4 is 46.6 Å². The molecule has 0 radical (unpaired) electrons. The molecule has 0 amide bonds. The van der Waals surface area contributed by atoms with Crippen LogP contribution < -0.4 is 17.1 Å². The summed E-state index contributed by atoms with van der Waals surface area (Å²) in [5.74, 6) is 0. The Labute approximate surface area is 178 Å². The van der Waals surface area contributed by atoms with Crippen LogP contribution in [0.5, 0.6) is 0 Å². The first-order chi connectivity index (χ1) is 13.3. The first kappa shape index (κ1) is 20.8. The molecule has 0 atom stereocenters. The van der Waals surface area contributed by atoms with Crippen LogP contribution in [0.15, 0.2) is 60.6 Å². The SMILES string of the molecule is CCCn1c(=O)[nH]c(=O)n(-c2cc(Cl)c(Sc3ccc(Cl)cc3)c(Cl)c2)c1=O. The van der Waals surface area contributed by atoms with Crippen molar-refractivity contribution in [2.45, 2.75) is 29.7 Å². The van der Waals surface area contributed by atoms with Gasteiger partial charge in [0.05, 0.1) is 15.7 Å². The summed E-state index contributed by atoms with van der Waals surface area (Å²) in [6.45, 7) is 2.00. The highest BCUT2D eigenvalue weighted by atomic mass is 35.5. The largest absolute Gasteiger partial charge is 0.340 e. The molecule has 0 fully saturated rings. The van der Waals surface area contributed by atoms with E-state index in [9.17, 15) is 14.4 Å². The van der Waals surface area contributed by atoms with Gasteiger partial charge in [-0.15, -0.1) is 0 Å². The van der Waals surface area contributed by atoms with Crippen LogP contribution in [0, 0.1) is 0 Å². The first-order valence-electron chi connectivity index (χ1n) is 8.21. The zero-order chi connectivity index (χ0) is 20.4. The van der Waals surface area contributed by atoms with Crippen LogP contribution in [0.4, 0.5) is 0 Å². The number of hydrogen-bond acceptors (Lipinski definition) is 4. The van der Waals surface area contributed by atoms with Gasteiger partial charge in [0.2, 0.25) is 0 Å². The van der Waals surface area contributed by atoms with E-state index in [-0.39, 0.29) is 22.3 Å². The van der Waals surface area contributed by atoms with Gasteiger partial charge in [-0.25, -0.2) is 23.5 Å². The fourth-order valence-electron chi connectivity index (χ4n) is 2.55. The molecule has 0 saturated heterocycles. The molecule has 0 unspecified atom stereocenters. The fraction of sp³-hybridized carbons (Fsp3) is 0.167. The lowest BCUT2D eigenvalue weighted by atomic mass is 10.3. The maximum absolute atomic E-state index is 12.6. The number of rotatable bonds is 5. The molecule has 146 valence electrons. The highest BCUT2D eigenvalue weighted by molar-refractivity contribution is 7.99. The minimum atomic E-state index is -0.854. The molecule has 0 spiro atoms. The topological polar surface area (TPSA) is 76.9 Å². The molecule has 0 aliphatic carbocycles. The van der Waals surface area contributed by atoms with Gasteiger partial charge in [-0.05, 0) is 42.8 Å². The van der Waals surface area contributed by atoms with Gasteiger partial charge in [-0.1, -0.05) is 53.5 Å². The Morgan fingerprint density at radius 2 is 1.57 bits per heavy atom. The average Bonchev–Trinajstić information content (AvgIpc) is 2.63. The summed E-state index contributed by atoms with van der Waals surface area (Å²) >= 11 is 20.0. The molecule has 6 nitrogen and oxygen atoms in total. The van der Waals surface area contributed by atoms with Crippen molar-refractivity contribution in [1.29, 1.82) is 0 Å². The van der Waals surface area contributed by atoms with E-state index in [4.69, 9.17) is 34.8 Å². The minimum Gasteiger partial charge on any atom is -0.258 e. The van der Waals surface area contributed by atoms with Gasteiger partial charge in [0, 0.05) is 21.4 Å². The monoisotopic (exact) mass is 457 g/mol. The van der Waals surface area contributed by atoms with Gasteiger partial charge in [-0.3, -0.25) is 4.98 Å². The zero-order valence-electron chi connectivity index (χ0n) is 14.5. The average molecular weight is 459 g/mol. The number of aromatic amines is 1. The number of nitrogens with one attached hydrogen (secondary N) is 1. The van der Waals surface area contributed by atoms with Crippen molar-refractivity contribution in [3.05, 3.63) is 82.9 Å². The van der Waals surface area contributed by atoms with Crippen LogP contribution in [0.25, 0.3) is 5.69 Å². The summed E-state index contributed by atoms with van der Waals surface area (Å²) in [7, 11) is 0. The van der Waals surface area contributed by atoms with E-state index < -0.39 is 17.1 Å². The summed E-state index contributed by atoms with van der Waals surface area (Å²) < 4.78 is 1.80. The van der Waals surface area contributed by atoms with Gasteiger partial charge in [-0.2, -0.15) is 0 Å². The number of halogens is 3. The van der Waals surface area contributed by atoms with Crippen LogP contribution in [0.2, 0.25) is 15.1 Å². The maximum Gasteiger partial charge on any atom is 0.340 e. The Morgan fingerprint density at radius 3 is 2.14 bits per heavy atom. The fourth-order valence-corrected chi connectivity index (χ4v) is 4.21. The Hall–Kier alpha value is -1.93. The van der Waals surface area contributed by atoms with Crippen molar-refractivity contribution in [2.24, 2.45) is 0 Å². The minimum absolute atomic E-state index is 0.173. The first-order valence-corrected chi connectivity index (χ1v) is 10.2. The number of benzene rings is 2. The van der Waals surface area contributed by atoms with E-state index >= 15 is 0 Å². The van der Waals surface area contributed by atoms with Crippen LogP contribution >= 0.6 is 46.6 Å². The molecular weight excluding hydrogens is 445 g/mol.